The fourth-order valence-corrected chi connectivity index (χ4v) is 4.04. The van der Waals surface area contributed by atoms with Crippen molar-refractivity contribution in [1.29, 1.82) is 0 Å². The summed E-state index contributed by atoms with van der Waals surface area (Å²) in [6.07, 6.45) is -7.63. The maximum Gasteiger partial charge on any atom is 0.302 e. The van der Waals surface area contributed by atoms with Gasteiger partial charge in [-0.1, -0.05) is 0 Å². The van der Waals surface area contributed by atoms with Crippen LogP contribution in [-0.4, -0.2) is 90.9 Å². The van der Waals surface area contributed by atoms with E-state index in [2.05, 4.69) is 4.74 Å². The number of aliphatic hydroxyl groups is 4. The smallest absolute Gasteiger partial charge is 0.302 e. The van der Waals surface area contributed by atoms with Crippen LogP contribution in [0, 0.1) is 0 Å². The lowest BCUT2D eigenvalue weighted by Gasteiger charge is -2.40. The fraction of sp³-hybridized carbons (Fsp3) is 0.375. The lowest BCUT2D eigenvalue weighted by molar-refractivity contribution is -0.296. The third-order valence-electron chi connectivity index (χ3n) is 5.93. The van der Waals surface area contributed by atoms with E-state index in [0.717, 1.165) is 13.0 Å². The highest BCUT2D eigenvalue weighted by molar-refractivity contribution is 5.69. The van der Waals surface area contributed by atoms with Crippen molar-refractivity contribution in [3.8, 4) is 34.5 Å². The summed E-state index contributed by atoms with van der Waals surface area (Å²) in [6, 6.07) is 4.93. The Labute approximate surface area is 209 Å². The first-order valence-corrected chi connectivity index (χ1v) is 11.1. The zero-order valence-electron chi connectivity index (χ0n) is 19.7. The van der Waals surface area contributed by atoms with Gasteiger partial charge in [0.2, 0.25) is 12.0 Å². The minimum Gasteiger partial charge on any atom is -0.571 e. The number of phenols is 4. The van der Waals surface area contributed by atoms with Crippen molar-refractivity contribution < 1.29 is 64.2 Å². The maximum absolute atomic E-state index is 11.2. The van der Waals surface area contributed by atoms with Gasteiger partial charge < -0.3 is 59.4 Å². The Bertz CT molecular complexity index is 1210. The molecule has 8 N–H and O–H groups in total. The number of ether oxygens (including phenoxy) is 5. The molecule has 0 radical (unpaired) electrons. The van der Waals surface area contributed by atoms with E-state index in [4.69, 9.17) is 18.9 Å². The Morgan fingerprint density at radius 3 is 2.41 bits per heavy atom. The van der Waals surface area contributed by atoms with Gasteiger partial charge in [0.25, 0.3) is 11.9 Å². The number of carbonyl (C=O) groups is 1. The summed E-state index contributed by atoms with van der Waals surface area (Å²) in [5.74, 6) is -2.25. The van der Waals surface area contributed by atoms with E-state index in [0.29, 0.717) is 0 Å². The molecule has 13 nitrogen and oxygen atoms in total. The van der Waals surface area contributed by atoms with Gasteiger partial charge in [-0.2, -0.15) is 0 Å². The summed E-state index contributed by atoms with van der Waals surface area (Å²) >= 11 is 0. The van der Waals surface area contributed by atoms with Crippen LogP contribution in [0.2, 0.25) is 0 Å². The summed E-state index contributed by atoms with van der Waals surface area (Å²) < 4.78 is 25.9. The van der Waals surface area contributed by atoms with Crippen molar-refractivity contribution in [3.63, 3.8) is 0 Å². The molecule has 2 aromatic carbocycles. The summed E-state index contributed by atoms with van der Waals surface area (Å²) in [6.45, 7) is 0.718. The van der Waals surface area contributed by atoms with Crippen molar-refractivity contribution in [3.05, 3.63) is 41.2 Å². The highest BCUT2D eigenvalue weighted by Crippen LogP contribution is 2.47. The molecule has 0 saturated carbocycles. The zero-order valence-corrected chi connectivity index (χ0v) is 19.7. The van der Waals surface area contributed by atoms with Crippen LogP contribution in [0.3, 0.4) is 0 Å². The van der Waals surface area contributed by atoms with E-state index in [1.165, 1.54) is 31.4 Å². The van der Waals surface area contributed by atoms with Crippen LogP contribution >= 0.6 is 0 Å². The molecule has 0 bridgehead atoms. The third kappa shape index (κ3) is 5.15. The Morgan fingerprint density at radius 1 is 1.00 bits per heavy atom. The third-order valence-corrected chi connectivity index (χ3v) is 5.93. The number of hydrogen-bond donors (Lipinski definition) is 7. The Hall–Kier alpha value is -3.91. The number of benzene rings is 2. The molecule has 0 aromatic heterocycles. The highest BCUT2D eigenvalue weighted by Gasteiger charge is 2.47. The summed E-state index contributed by atoms with van der Waals surface area (Å²) in [5.41, 5.74) is 0.399. The second-order valence-electron chi connectivity index (χ2n) is 8.50. The molecule has 2 heterocycles. The first-order valence-electron chi connectivity index (χ1n) is 11.1. The second kappa shape index (κ2) is 10.2. The molecule has 0 amide bonds. The fourth-order valence-electron chi connectivity index (χ4n) is 4.04. The van der Waals surface area contributed by atoms with Crippen LogP contribution in [0.15, 0.2) is 30.0 Å². The first-order chi connectivity index (χ1) is 17.5. The number of esters is 1. The minimum atomic E-state index is -1.75. The molecule has 13 heteroatoms. The molecule has 4 rings (SSSR count). The van der Waals surface area contributed by atoms with Gasteiger partial charge in [-0.15, -0.1) is 0 Å². The molecular formula is C24H27O13+. The lowest BCUT2D eigenvalue weighted by Crippen LogP contribution is -2.59. The number of phenolic OH excluding ortho intramolecular Hbond substituents is 4. The van der Waals surface area contributed by atoms with Crippen LogP contribution in [0.4, 0.5) is 0 Å². The SMILES string of the molecule is COc1cc(C2[OH+]c3cc(O)cc(O)c3C=C2OC2O[C@H](COC(C)=O)[C@H](O)[C@H](O)[C@H]2O)cc(O)c1O. The maximum atomic E-state index is 11.2. The number of fused-ring (bicyclic) bond motifs is 1. The Balaban J connectivity index is 1.73. The van der Waals surface area contributed by atoms with Crippen molar-refractivity contribution in [1.82, 2.24) is 0 Å². The normalized spacial score (nSPS) is 26.9. The summed E-state index contributed by atoms with van der Waals surface area (Å²) in [7, 11) is 1.27. The first kappa shape index (κ1) is 26.2. The largest absolute Gasteiger partial charge is 0.571 e. The molecule has 200 valence electrons. The van der Waals surface area contributed by atoms with Crippen molar-refractivity contribution in [2.75, 3.05) is 13.7 Å². The molecule has 0 spiro atoms. The van der Waals surface area contributed by atoms with Gasteiger partial charge in [0.15, 0.2) is 17.3 Å². The van der Waals surface area contributed by atoms with Crippen molar-refractivity contribution in [2.24, 2.45) is 0 Å². The number of rotatable bonds is 6. The van der Waals surface area contributed by atoms with Crippen molar-refractivity contribution in [2.45, 2.75) is 43.7 Å². The highest BCUT2D eigenvalue weighted by atomic mass is 16.7. The number of aromatic hydroxyl groups is 5. The van der Waals surface area contributed by atoms with Gasteiger partial charge >= 0.3 is 5.97 Å². The van der Waals surface area contributed by atoms with Crippen LogP contribution in [0.1, 0.15) is 24.2 Å². The average Bonchev–Trinajstić information content (AvgIpc) is 2.85. The monoisotopic (exact) mass is 523 g/mol. The van der Waals surface area contributed by atoms with Gasteiger partial charge in [-0.05, 0) is 12.1 Å². The number of hydrogen-bond acceptors (Lipinski definition) is 12. The van der Waals surface area contributed by atoms with E-state index in [9.17, 15) is 40.5 Å². The minimum absolute atomic E-state index is 0.0421. The summed E-state index contributed by atoms with van der Waals surface area (Å²) in [4.78, 5) is 11.2. The van der Waals surface area contributed by atoms with E-state index in [-0.39, 0.29) is 39.9 Å². The van der Waals surface area contributed by atoms with E-state index >= 15 is 0 Å². The molecule has 1 saturated heterocycles. The molecular weight excluding hydrogens is 496 g/mol. The van der Waals surface area contributed by atoms with Crippen LogP contribution in [0.25, 0.3) is 6.08 Å². The molecule has 2 unspecified atom stereocenters. The number of methoxy groups -OCH3 is 1. The van der Waals surface area contributed by atoms with Crippen LogP contribution < -0.4 is 4.74 Å². The Kier molecular flexibility index (Phi) is 7.23. The van der Waals surface area contributed by atoms with E-state index < -0.39 is 60.9 Å². The predicted octanol–water partition coefficient (Wildman–Crippen LogP) is 0.242. The molecule has 6 atom stereocenters. The van der Waals surface area contributed by atoms with Gasteiger partial charge in [0.1, 0.15) is 48.1 Å². The average molecular weight is 523 g/mol. The summed E-state index contributed by atoms with van der Waals surface area (Å²) in [5, 5.41) is 71.6. The second-order valence-corrected chi connectivity index (χ2v) is 8.50. The standard InChI is InChI=1S/C24H26O13/c1-9(25)34-8-18-20(30)21(31)22(32)24(37-18)36-17-7-12-13(27)5-11(26)6-15(12)35-23(17)10-3-14(28)19(29)16(4-10)33-2/h3-7,18,20-24,26-32H,8H2,1-2H3/p+1/t18-,20+,21+,22-,23?,24?/m1/s1. The van der Waals surface area contributed by atoms with Crippen molar-refractivity contribution >= 4 is 12.0 Å². The molecule has 0 aliphatic carbocycles. The lowest BCUT2D eigenvalue weighted by atomic mass is 9.98. The van der Waals surface area contributed by atoms with E-state index in [1.54, 1.807) is 0 Å². The van der Waals surface area contributed by atoms with Gasteiger partial charge in [0.05, 0.1) is 18.7 Å². The molecule has 2 aliphatic rings. The quantitative estimate of drug-likeness (QED) is 0.154. The van der Waals surface area contributed by atoms with E-state index in [1.807, 2.05) is 0 Å². The topological polar surface area (TPSA) is 208 Å². The number of carbonyl (C=O) groups excluding carboxylic acids is 1. The van der Waals surface area contributed by atoms with Crippen LogP contribution in [0.5, 0.6) is 34.5 Å². The molecule has 2 aliphatic heterocycles. The molecule has 2 aromatic rings. The molecule has 1 fully saturated rings. The van der Waals surface area contributed by atoms with Crippen LogP contribution in [-0.2, 0) is 19.0 Å². The number of aliphatic hydroxyl groups excluding tert-OH is 3. The van der Waals surface area contributed by atoms with Gasteiger partial charge in [-0.3, -0.25) is 4.79 Å². The van der Waals surface area contributed by atoms with Gasteiger partial charge in [-0.25, -0.2) is 0 Å². The zero-order chi connectivity index (χ0) is 27.0. The Morgan fingerprint density at radius 2 is 1.73 bits per heavy atom. The predicted molar refractivity (Wildman–Crippen MR) is 123 cm³/mol. The molecule has 37 heavy (non-hydrogen) atoms. The van der Waals surface area contributed by atoms with Gasteiger partial charge in [0, 0.05) is 19.1 Å².